The molecule has 1 heterocycles. The summed E-state index contributed by atoms with van der Waals surface area (Å²) in [6, 6.07) is 2.03. The van der Waals surface area contributed by atoms with Crippen molar-refractivity contribution in [3.05, 3.63) is 34.6 Å². The zero-order chi connectivity index (χ0) is 17.9. The number of allylic oxidation sites excluding steroid dienone is 1. The Kier molecular flexibility index (Phi) is 5.67. The third-order valence-corrected chi connectivity index (χ3v) is 4.23. The first kappa shape index (κ1) is 18.1. The van der Waals surface area contributed by atoms with Crippen LogP contribution in [0.15, 0.2) is 16.6 Å². The molecule has 0 radical (unpaired) electrons. The Morgan fingerprint density at radius 3 is 2.58 bits per heavy atom. The highest BCUT2D eigenvalue weighted by molar-refractivity contribution is 5.98. The van der Waals surface area contributed by atoms with E-state index in [4.69, 9.17) is 13.9 Å². The molecule has 0 spiro atoms. The lowest BCUT2D eigenvalue weighted by atomic mass is 9.98. The van der Waals surface area contributed by atoms with Crippen LogP contribution in [0.1, 0.15) is 29.4 Å². The molecular formula is C19H25NO4. The van der Waals surface area contributed by atoms with E-state index in [1.54, 1.807) is 20.3 Å². The van der Waals surface area contributed by atoms with Gasteiger partial charge < -0.3 is 19.2 Å². The third-order valence-electron chi connectivity index (χ3n) is 4.23. The van der Waals surface area contributed by atoms with Gasteiger partial charge in [-0.15, -0.1) is 0 Å². The minimum atomic E-state index is -0.149. The van der Waals surface area contributed by atoms with Crippen molar-refractivity contribution in [2.24, 2.45) is 0 Å². The molecule has 0 aliphatic carbocycles. The topological polar surface area (TPSA) is 60.7 Å². The van der Waals surface area contributed by atoms with Gasteiger partial charge in [-0.3, -0.25) is 4.79 Å². The normalized spacial score (nSPS) is 11.8. The molecule has 1 N–H and O–H groups in total. The van der Waals surface area contributed by atoms with Gasteiger partial charge in [0.05, 0.1) is 13.7 Å². The second-order valence-corrected chi connectivity index (χ2v) is 5.85. The van der Waals surface area contributed by atoms with Gasteiger partial charge in [0, 0.05) is 36.2 Å². The number of rotatable bonds is 6. The summed E-state index contributed by atoms with van der Waals surface area (Å²) in [4.78, 5) is 12.0. The molecule has 0 saturated heterocycles. The van der Waals surface area contributed by atoms with Crippen molar-refractivity contribution in [1.29, 1.82) is 0 Å². The summed E-state index contributed by atoms with van der Waals surface area (Å²) in [6.07, 6.45) is 1.58. The first-order valence-corrected chi connectivity index (χ1v) is 7.93. The van der Waals surface area contributed by atoms with E-state index in [9.17, 15) is 4.79 Å². The average molecular weight is 331 g/mol. The molecule has 130 valence electrons. The number of ether oxygens (including phenoxy) is 2. The number of amides is 1. The van der Waals surface area contributed by atoms with Crippen LogP contribution in [0.4, 0.5) is 0 Å². The molecule has 5 nitrogen and oxygen atoms in total. The summed E-state index contributed by atoms with van der Waals surface area (Å²) in [5.41, 5.74) is 4.62. The van der Waals surface area contributed by atoms with Gasteiger partial charge in [-0.1, -0.05) is 0 Å². The van der Waals surface area contributed by atoms with Crippen LogP contribution in [-0.2, 0) is 9.53 Å². The quantitative estimate of drug-likeness (QED) is 0.650. The van der Waals surface area contributed by atoms with Crippen molar-refractivity contribution in [3.63, 3.8) is 0 Å². The van der Waals surface area contributed by atoms with Gasteiger partial charge in [-0.05, 0) is 44.9 Å². The number of fused-ring (bicyclic) bond motifs is 1. The number of hydrogen-bond acceptors (Lipinski definition) is 4. The number of carbonyl (C=O) groups excluding carboxylic acids is 1. The van der Waals surface area contributed by atoms with Crippen LogP contribution in [0.5, 0.6) is 5.75 Å². The van der Waals surface area contributed by atoms with Crippen LogP contribution in [0, 0.1) is 20.8 Å². The molecule has 2 rings (SSSR count). The second-order valence-electron chi connectivity index (χ2n) is 5.85. The van der Waals surface area contributed by atoms with Gasteiger partial charge in [-0.25, -0.2) is 0 Å². The van der Waals surface area contributed by atoms with Gasteiger partial charge in [0.1, 0.15) is 17.1 Å². The highest BCUT2D eigenvalue weighted by Gasteiger charge is 2.18. The molecule has 5 heteroatoms. The number of hydrogen-bond donors (Lipinski definition) is 1. The Hall–Kier alpha value is -2.27. The van der Waals surface area contributed by atoms with E-state index >= 15 is 0 Å². The van der Waals surface area contributed by atoms with Crippen molar-refractivity contribution in [3.8, 4) is 5.75 Å². The smallest absolute Gasteiger partial charge is 0.244 e. The molecule has 0 atom stereocenters. The molecular weight excluding hydrogens is 306 g/mol. The molecule has 0 aliphatic rings. The number of furan rings is 1. The molecule has 24 heavy (non-hydrogen) atoms. The van der Waals surface area contributed by atoms with E-state index in [1.807, 2.05) is 33.8 Å². The average Bonchev–Trinajstić information content (AvgIpc) is 2.83. The van der Waals surface area contributed by atoms with Gasteiger partial charge in [0.2, 0.25) is 5.91 Å². The van der Waals surface area contributed by atoms with Crippen molar-refractivity contribution in [2.75, 3.05) is 27.4 Å². The van der Waals surface area contributed by atoms with Crippen molar-refractivity contribution >= 4 is 22.4 Å². The van der Waals surface area contributed by atoms with E-state index in [-0.39, 0.29) is 5.91 Å². The summed E-state index contributed by atoms with van der Waals surface area (Å²) in [5.74, 6) is 1.48. The number of aryl methyl sites for hydroxylation is 3. The van der Waals surface area contributed by atoms with Gasteiger partial charge in [0.15, 0.2) is 0 Å². The summed E-state index contributed by atoms with van der Waals surface area (Å²) in [6.45, 7) is 8.83. The van der Waals surface area contributed by atoms with Gasteiger partial charge in [-0.2, -0.15) is 0 Å². The Bertz CT molecular complexity index is 786. The fourth-order valence-corrected chi connectivity index (χ4v) is 2.77. The minimum absolute atomic E-state index is 0.149. The number of nitrogens with one attached hydrogen (secondary N) is 1. The van der Waals surface area contributed by atoms with E-state index in [2.05, 4.69) is 5.32 Å². The largest absolute Gasteiger partial charge is 0.496 e. The minimum Gasteiger partial charge on any atom is -0.496 e. The summed E-state index contributed by atoms with van der Waals surface area (Å²) >= 11 is 0. The predicted octanol–water partition coefficient (Wildman–Crippen LogP) is 3.53. The second kappa shape index (κ2) is 7.53. The van der Waals surface area contributed by atoms with E-state index in [0.717, 1.165) is 44.7 Å². The van der Waals surface area contributed by atoms with Crippen LogP contribution in [0.2, 0.25) is 0 Å². The maximum atomic E-state index is 12.0. The summed E-state index contributed by atoms with van der Waals surface area (Å²) in [7, 11) is 3.23. The van der Waals surface area contributed by atoms with Crippen molar-refractivity contribution < 1.29 is 18.7 Å². The Morgan fingerprint density at radius 1 is 1.25 bits per heavy atom. The van der Waals surface area contributed by atoms with Crippen LogP contribution in [0.3, 0.4) is 0 Å². The SMILES string of the molecule is COCCNC(=O)/C=C(\C)c1cc2c(C)c(C)oc2c(C)c1OC. The zero-order valence-electron chi connectivity index (χ0n) is 15.2. The van der Waals surface area contributed by atoms with E-state index in [0.29, 0.717) is 13.2 Å². The monoisotopic (exact) mass is 331 g/mol. The van der Waals surface area contributed by atoms with Gasteiger partial charge >= 0.3 is 0 Å². The maximum Gasteiger partial charge on any atom is 0.244 e. The Labute approximate surface area is 142 Å². The number of carbonyl (C=O) groups is 1. The molecule has 1 amide bonds. The van der Waals surface area contributed by atoms with Crippen LogP contribution >= 0.6 is 0 Å². The lowest BCUT2D eigenvalue weighted by Gasteiger charge is -2.13. The fraction of sp³-hybridized carbons (Fsp3) is 0.421. The van der Waals surface area contributed by atoms with Crippen molar-refractivity contribution in [1.82, 2.24) is 5.32 Å². The highest BCUT2D eigenvalue weighted by Crippen LogP contribution is 2.38. The third kappa shape index (κ3) is 3.46. The Balaban J connectivity index is 2.46. The van der Waals surface area contributed by atoms with Crippen molar-refractivity contribution in [2.45, 2.75) is 27.7 Å². The number of methoxy groups -OCH3 is 2. The van der Waals surface area contributed by atoms with E-state index in [1.165, 1.54) is 0 Å². The predicted molar refractivity (Wildman–Crippen MR) is 95.5 cm³/mol. The summed E-state index contributed by atoms with van der Waals surface area (Å²) < 4.78 is 16.4. The van der Waals surface area contributed by atoms with Crippen LogP contribution in [0.25, 0.3) is 16.5 Å². The first-order chi connectivity index (χ1) is 11.4. The molecule has 0 saturated carbocycles. The fourth-order valence-electron chi connectivity index (χ4n) is 2.77. The molecule has 0 unspecified atom stereocenters. The zero-order valence-corrected chi connectivity index (χ0v) is 15.2. The summed E-state index contributed by atoms with van der Waals surface area (Å²) in [5, 5.41) is 3.84. The highest BCUT2D eigenvalue weighted by atomic mass is 16.5. The van der Waals surface area contributed by atoms with E-state index < -0.39 is 0 Å². The number of benzene rings is 1. The molecule has 2 aromatic rings. The molecule has 1 aromatic carbocycles. The molecule has 1 aromatic heterocycles. The standard InChI is InChI=1S/C19H25NO4/c1-11(9-17(21)20-7-8-22-5)15-10-16-12(2)14(4)24-19(16)13(3)18(15)23-6/h9-10H,7-8H2,1-6H3,(H,20,21)/b11-9+. The maximum absolute atomic E-state index is 12.0. The van der Waals surface area contributed by atoms with Crippen LogP contribution in [-0.4, -0.2) is 33.3 Å². The lowest BCUT2D eigenvalue weighted by Crippen LogP contribution is -2.25. The first-order valence-electron chi connectivity index (χ1n) is 7.93. The lowest BCUT2D eigenvalue weighted by molar-refractivity contribution is -0.116. The molecule has 0 aliphatic heterocycles. The molecule has 0 bridgehead atoms. The molecule has 0 fully saturated rings. The Morgan fingerprint density at radius 2 is 1.96 bits per heavy atom. The van der Waals surface area contributed by atoms with Crippen LogP contribution < -0.4 is 10.1 Å². The van der Waals surface area contributed by atoms with Gasteiger partial charge in [0.25, 0.3) is 0 Å².